The fourth-order valence-electron chi connectivity index (χ4n) is 4.75. The summed E-state index contributed by atoms with van der Waals surface area (Å²) in [5, 5.41) is 11.1. The second-order valence-corrected chi connectivity index (χ2v) is 10.1. The van der Waals surface area contributed by atoms with E-state index >= 15 is 0 Å². The zero-order valence-electron chi connectivity index (χ0n) is 24.4. The average Bonchev–Trinajstić information content (AvgIpc) is 3.09. The third-order valence-electron chi connectivity index (χ3n) is 7.10. The Bertz CT molecular complexity index is 1540. The number of rotatable bonds is 11. The highest BCUT2D eigenvalue weighted by Gasteiger charge is 2.51. The summed E-state index contributed by atoms with van der Waals surface area (Å²) in [5.41, 5.74) is 1.50. The first-order chi connectivity index (χ1) is 21.9. The van der Waals surface area contributed by atoms with Gasteiger partial charge in [0.05, 0.1) is 30.4 Å². The Hall–Kier alpha value is -5.03. The number of carbonyl (C=O) groups is 3. The Morgan fingerprint density at radius 1 is 0.644 bits per heavy atom. The molecular formula is C35H32O10. The molecule has 1 aliphatic heterocycles. The van der Waals surface area contributed by atoms with Crippen molar-refractivity contribution in [3.8, 4) is 5.75 Å². The van der Waals surface area contributed by atoms with Crippen LogP contribution >= 0.6 is 0 Å². The summed E-state index contributed by atoms with van der Waals surface area (Å²) in [6.45, 7) is -0.421. The van der Waals surface area contributed by atoms with Crippen LogP contribution in [0.25, 0.3) is 0 Å². The number of aliphatic hydroxyl groups excluding tert-OH is 1. The average molecular weight is 613 g/mol. The zero-order chi connectivity index (χ0) is 31.6. The van der Waals surface area contributed by atoms with Gasteiger partial charge in [-0.05, 0) is 54.1 Å². The molecule has 5 atom stereocenters. The summed E-state index contributed by atoms with van der Waals surface area (Å²) in [6.07, 6.45) is -6.85. The number of benzene rings is 4. The smallest absolute Gasteiger partial charge is 0.338 e. The van der Waals surface area contributed by atoms with Gasteiger partial charge in [-0.1, -0.05) is 66.7 Å². The molecule has 1 aliphatic rings. The van der Waals surface area contributed by atoms with Crippen molar-refractivity contribution in [3.05, 3.63) is 138 Å². The first kappa shape index (κ1) is 31.4. The Balaban J connectivity index is 1.45. The van der Waals surface area contributed by atoms with Crippen molar-refractivity contribution in [3.63, 3.8) is 0 Å². The summed E-state index contributed by atoms with van der Waals surface area (Å²) in [6, 6.07) is 31.9. The van der Waals surface area contributed by atoms with E-state index < -0.39 is 55.2 Å². The zero-order valence-corrected chi connectivity index (χ0v) is 24.4. The highest BCUT2D eigenvalue weighted by molar-refractivity contribution is 5.90. The quantitative estimate of drug-likeness (QED) is 0.190. The molecule has 0 amide bonds. The van der Waals surface area contributed by atoms with E-state index in [0.29, 0.717) is 11.3 Å². The SMILES string of the molecule is COc1ccc(CO[C@@H]2[C@@H](OC(=O)c3ccccc3)[C@H](O)O[C@H](COC(=O)c3ccccc3)[C@@H]2OC(=O)c2ccccc2)cc1. The van der Waals surface area contributed by atoms with Gasteiger partial charge < -0.3 is 33.5 Å². The van der Waals surface area contributed by atoms with Crippen molar-refractivity contribution in [1.82, 2.24) is 0 Å². The highest BCUT2D eigenvalue weighted by Crippen LogP contribution is 2.30. The number of aliphatic hydroxyl groups is 1. The number of ether oxygens (including phenoxy) is 6. The number of methoxy groups -OCH3 is 1. The largest absolute Gasteiger partial charge is 0.497 e. The molecule has 0 spiro atoms. The van der Waals surface area contributed by atoms with Crippen LogP contribution in [0.4, 0.5) is 0 Å². The lowest BCUT2D eigenvalue weighted by molar-refractivity contribution is -0.294. The number of esters is 3. The van der Waals surface area contributed by atoms with E-state index in [0.717, 1.165) is 5.56 Å². The van der Waals surface area contributed by atoms with Crippen molar-refractivity contribution < 1.29 is 47.9 Å². The second kappa shape index (κ2) is 15.1. The van der Waals surface area contributed by atoms with Gasteiger partial charge in [0.1, 0.15) is 24.6 Å². The van der Waals surface area contributed by atoms with Gasteiger partial charge in [-0.25, -0.2) is 14.4 Å². The maximum atomic E-state index is 13.3. The molecule has 10 nitrogen and oxygen atoms in total. The molecule has 1 N–H and O–H groups in total. The van der Waals surface area contributed by atoms with Gasteiger partial charge in [-0.2, -0.15) is 0 Å². The predicted molar refractivity (Wildman–Crippen MR) is 160 cm³/mol. The van der Waals surface area contributed by atoms with Crippen molar-refractivity contribution in [2.75, 3.05) is 13.7 Å². The standard InChI is InChI=1S/C35H32O10/c1-40-27-19-17-23(18-20-27)21-41-30-29(44-33(37)25-13-7-3-8-14-25)28(22-42-32(36)24-11-5-2-6-12-24)43-35(39)31(30)45-34(38)26-15-9-4-10-16-26/h2-20,28-31,35,39H,21-22H2,1H3/t28-,29+,30+,31-,35-/m1/s1. The van der Waals surface area contributed by atoms with E-state index in [4.69, 9.17) is 28.4 Å². The number of carbonyl (C=O) groups excluding carboxylic acids is 3. The monoisotopic (exact) mass is 612 g/mol. The molecule has 0 radical (unpaired) electrons. The van der Waals surface area contributed by atoms with Crippen molar-refractivity contribution >= 4 is 17.9 Å². The predicted octanol–water partition coefficient (Wildman–Crippen LogP) is 4.61. The van der Waals surface area contributed by atoms with Gasteiger partial charge in [0.15, 0.2) is 18.5 Å². The van der Waals surface area contributed by atoms with Crippen LogP contribution in [0, 0.1) is 0 Å². The van der Waals surface area contributed by atoms with Gasteiger partial charge >= 0.3 is 17.9 Å². The van der Waals surface area contributed by atoms with Crippen LogP contribution in [0.15, 0.2) is 115 Å². The molecule has 4 aromatic rings. The molecule has 1 saturated heterocycles. The summed E-state index contributed by atoms with van der Waals surface area (Å²) in [5.74, 6) is -1.46. The van der Waals surface area contributed by atoms with Gasteiger partial charge in [0.2, 0.25) is 0 Å². The summed E-state index contributed by atoms with van der Waals surface area (Å²) in [4.78, 5) is 39.2. The number of hydrogen-bond acceptors (Lipinski definition) is 10. The molecule has 1 fully saturated rings. The van der Waals surface area contributed by atoms with E-state index in [2.05, 4.69) is 0 Å². The molecule has 4 aromatic carbocycles. The highest BCUT2D eigenvalue weighted by atomic mass is 16.7. The first-order valence-electron chi connectivity index (χ1n) is 14.2. The molecule has 45 heavy (non-hydrogen) atoms. The Morgan fingerprint density at radius 2 is 1.13 bits per heavy atom. The molecule has 0 unspecified atom stereocenters. The Morgan fingerprint density at radius 3 is 1.64 bits per heavy atom. The molecule has 0 aliphatic carbocycles. The van der Waals surface area contributed by atoms with E-state index in [1.165, 1.54) is 0 Å². The molecule has 0 aromatic heterocycles. The van der Waals surface area contributed by atoms with Crippen molar-refractivity contribution in [2.24, 2.45) is 0 Å². The lowest BCUT2D eigenvalue weighted by atomic mass is 9.97. The van der Waals surface area contributed by atoms with Crippen LogP contribution in [0.3, 0.4) is 0 Å². The van der Waals surface area contributed by atoms with E-state index in [-0.39, 0.29) is 17.7 Å². The van der Waals surface area contributed by atoms with Gasteiger partial charge in [0.25, 0.3) is 0 Å². The number of hydrogen-bond donors (Lipinski definition) is 1. The maximum absolute atomic E-state index is 13.3. The fourth-order valence-corrected chi connectivity index (χ4v) is 4.75. The third kappa shape index (κ3) is 8.12. The van der Waals surface area contributed by atoms with E-state index in [1.54, 1.807) is 122 Å². The van der Waals surface area contributed by atoms with Crippen molar-refractivity contribution in [2.45, 2.75) is 37.3 Å². The van der Waals surface area contributed by atoms with Gasteiger partial charge in [0, 0.05) is 0 Å². The van der Waals surface area contributed by atoms with E-state index in [9.17, 15) is 19.5 Å². The summed E-state index contributed by atoms with van der Waals surface area (Å²) < 4.78 is 34.5. The minimum absolute atomic E-state index is 0.0172. The topological polar surface area (TPSA) is 127 Å². The molecule has 10 heteroatoms. The maximum Gasteiger partial charge on any atom is 0.338 e. The van der Waals surface area contributed by atoms with Crippen LogP contribution in [0.5, 0.6) is 5.75 Å². The molecule has 1 heterocycles. The molecular weight excluding hydrogens is 580 g/mol. The van der Waals surface area contributed by atoms with Gasteiger partial charge in [-0.3, -0.25) is 0 Å². The summed E-state index contributed by atoms with van der Waals surface area (Å²) >= 11 is 0. The minimum atomic E-state index is -1.72. The Kier molecular flexibility index (Phi) is 10.5. The first-order valence-corrected chi connectivity index (χ1v) is 14.2. The molecule has 0 saturated carbocycles. The molecule has 0 bridgehead atoms. The third-order valence-corrected chi connectivity index (χ3v) is 7.10. The second-order valence-electron chi connectivity index (χ2n) is 10.1. The van der Waals surface area contributed by atoms with Crippen LogP contribution < -0.4 is 4.74 Å². The molecule has 232 valence electrons. The van der Waals surface area contributed by atoms with Crippen molar-refractivity contribution in [1.29, 1.82) is 0 Å². The lowest BCUT2D eigenvalue weighted by Gasteiger charge is -2.43. The molecule has 5 rings (SSSR count). The fraction of sp³-hybridized carbons (Fsp3) is 0.229. The van der Waals surface area contributed by atoms with Crippen LogP contribution in [-0.2, 0) is 30.3 Å². The van der Waals surface area contributed by atoms with Crippen LogP contribution in [-0.4, -0.2) is 67.4 Å². The van der Waals surface area contributed by atoms with Gasteiger partial charge in [-0.15, -0.1) is 0 Å². The lowest BCUT2D eigenvalue weighted by Crippen LogP contribution is -2.62. The minimum Gasteiger partial charge on any atom is -0.497 e. The normalized spacial score (nSPS) is 20.9. The Labute approximate surface area is 260 Å². The van der Waals surface area contributed by atoms with Crippen LogP contribution in [0.2, 0.25) is 0 Å². The summed E-state index contributed by atoms with van der Waals surface area (Å²) in [7, 11) is 1.55. The van der Waals surface area contributed by atoms with Crippen LogP contribution in [0.1, 0.15) is 36.6 Å². The van der Waals surface area contributed by atoms with E-state index in [1.807, 2.05) is 0 Å².